The number of urea groups is 1. The van der Waals surface area contributed by atoms with E-state index >= 15 is 0 Å². The summed E-state index contributed by atoms with van der Waals surface area (Å²) in [5, 5.41) is 1.68. The van der Waals surface area contributed by atoms with E-state index in [4.69, 9.17) is 0 Å². The summed E-state index contributed by atoms with van der Waals surface area (Å²) in [6.45, 7) is 1.37. The van der Waals surface area contributed by atoms with Gasteiger partial charge in [-0.25, -0.2) is 13.6 Å². The number of rotatable bonds is 1. The molecule has 15 heavy (non-hydrogen) atoms. The van der Waals surface area contributed by atoms with Crippen molar-refractivity contribution in [3.8, 4) is 0 Å². The quantitative estimate of drug-likeness (QED) is 0.734. The Morgan fingerprint density at radius 2 is 1.87 bits per heavy atom. The smallest absolute Gasteiger partial charge is 0.319 e. The molecule has 1 aromatic rings. The van der Waals surface area contributed by atoms with Gasteiger partial charge in [0.1, 0.15) is 11.6 Å². The molecule has 0 atom stereocenters. The number of carbonyl (C=O) groups excluding carboxylic acids is 2. The third-order valence-electron chi connectivity index (χ3n) is 1.73. The first-order chi connectivity index (χ1) is 6.91. The van der Waals surface area contributed by atoms with Crippen molar-refractivity contribution in [1.82, 2.24) is 5.32 Å². The van der Waals surface area contributed by atoms with Crippen molar-refractivity contribution in [1.29, 1.82) is 0 Å². The van der Waals surface area contributed by atoms with Crippen LogP contribution in [0.5, 0.6) is 0 Å². The lowest BCUT2D eigenvalue weighted by atomic mass is 10.1. The average Bonchev–Trinajstić information content (AvgIpc) is 2.09. The van der Waals surface area contributed by atoms with E-state index in [1.165, 1.54) is 6.92 Å². The van der Waals surface area contributed by atoms with Gasteiger partial charge in [-0.05, 0) is 18.6 Å². The normalized spacial score (nSPS) is 9.80. The molecular formula is C9H8F2N2O2. The van der Waals surface area contributed by atoms with Gasteiger partial charge in [-0.15, -0.1) is 0 Å². The van der Waals surface area contributed by atoms with Crippen molar-refractivity contribution in [3.63, 3.8) is 0 Å². The SMILES string of the molecule is Cc1cc(C(=O)NC(N)=O)c(F)cc1F. The molecule has 0 aliphatic heterocycles. The van der Waals surface area contributed by atoms with Crippen LogP contribution in [0, 0.1) is 18.6 Å². The van der Waals surface area contributed by atoms with E-state index in [0.29, 0.717) is 6.07 Å². The van der Waals surface area contributed by atoms with E-state index in [1.807, 2.05) is 0 Å². The lowest BCUT2D eigenvalue weighted by molar-refractivity contribution is 0.0962. The molecule has 1 rings (SSSR count). The van der Waals surface area contributed by atoms with Gasteiger partial charge in [-0.2, -0.15) is 0 Å². The predicted octanol–water partition coefficient (Wildman–Crippen LogP) is 1.08. The predicted molar refractivity (Wildman–Crippen MR) is 48.1 cm³/mol. The molecule has 0 spiro atoms. The molecule has 0 saturated carbocycles. The third kappa shape index (κ3) is 2.49. The van der Waals surface area contributed by atoms with Crippen LogP contribution in [0.4, 0.5) is 13.6 Å². The lowest BCUT2D eigenvalue weighted by Gasteiger charge is -2.04. The van der Waals surface area contributed by atoms with Crippen LogP contribution in [0.2, 0.25) is 0 Å². The first kappa shape index (κ1) is 11.1. The van der Waals surface area contributed by atoms with Gasteiger partial charge in [0.15, 0.2) is 0 Å². The number of hydrogen-bond acceptors (Lipinski definition) is 2. The van der Waals surface area contributed by atoms with E-state index in [2.05, 4.69) is 5.73 Å². The number of nitrogens with two attached hydrogens (primary N) is 1. The van der Waals surface area contributed by atoms with Gasteiger partial charge in [-0.1, -0.05) is 0 Å². The van der Waals surface area contributed by atoms with Crippen LogP contribution < -0.4 is 11.1 Å². The summed E-state index contributed by atoms with van der Waals surface area (Å²) >= 11 is 0. The Morgan fingerprint density at radius 1 is 1.27 bits per heavy atom. The van der Waals surface area contributed by atoms with Gasteiger partial charge in [0.25, 0.3) is 5.91 Å². The minimum Gasteiger partial charge on any atom is -0.351 e. The molecular weight excluding hydrogens is 206 g/mol. The molecule has 0 aliphatic carbocycles. The van der Waals surface area contributed by atoms with E-state index < -0.39 is 29.1 Å². The second-order valence-corrected chi connectivity index (χ2v) is 2.90. The van der Waals surface area contributed by atoms with Crippen molar-refractivity contribution >= 4 is 11.9 Å². The monoisotopic (exact) mass is 214 g/mol. The average molecular weight is 214 g/mol. The van der Waals surface area contributed by atoms with Crippen LogP contribution in [0.1, 0.15) is 15.9 Å². The minimum absolute atomic E-state index is 0.103. The molecule has 1 aromatic carbocycles. The maximum atomic E-state index is 13.1. The second kappa shape index (κ2) is 4.04. The molecule has 80 valence electrons. The molecule has 0 aromatic heterocycles. The van der Waals surface area contributed by atoms with Crippen LogP contribution in [-0.4, -0.2) is 11.9 Å². The maximum absolute atomic E-state index is 13.1. The highest BCUT2D eigenvalue weighted by molar-refractivity contribution is 6.04. The molecule has 3 amide bonds. The first-order valence-electron chi connectivity index (χ1n) is 3.98. The van der Waals surface area contributed by atoms with Gasteiger partial charge in [0.2, 0.25) is 0 Å². The van der Waals surface area contributed by atoms with Crippen molar-refractivity contribution in [3.05, 3.63) is 34.9 Å². The fourth-order valence-corrected chi connectivity index (χ4v) is 1.01. The minimum atomic E-state index is -1.10. The van der Waals surface area contributed by atoms with Crippen LogP contribution in [-0.2, 0) is 0 Å². The molecule has 0 saturated heterocycles. The number of carbonyl (C=O) groups is 2. The Bertz CT molecular complexity index is 432. The number of primary amides is 1. The number of benzene rings is 1. The number of halogens is 2. The molecule has 4 nitrogen and oxygen atoms in total. The molecule has 0 bridgehead atoms. The second-order valence-electron chi connectivity index (χ2n) is 2.90. The van der Waals surface area contributed by atoms with Crippen LogP contribution in [0.3, 0.4) is 0 Å². The highest BCUT2D eigenvalue weighted by atomic mass is 19.1. The Labute approximate surface area is 84.1 Å². The third-order valence-corrected chi connectivity index (χ3v) is 1.73. The van der Waals surface area contributed by atoms with Crippen LogP contribution in [0.25, 0.3) is 0 Å². The molecule has 3 N–H and O–H groups in total. The summed E-state index contributed by atoms with van der Waals surface area (Å²) < 4.78 is 25.9. The number of imide groups is 1. The van der Waals surface area contributed by atoms with Crippen LogP contribution >= 0.6 is 0 Å². The van der Waals surface area contributed by atoms with Gasteiger partial charge in [0, 0.05) is 6.07 Å². The highest BCUT2D eigenvalue weighted by Gasteiger charge is 2.15. The van der Waals surface area contributed by atoms with Crippen molar-refractivity contribution in [2.24, 2.45) is 5.73 Å². The summed E-state index contributed by atoms with van der Waals surface area (Å²) in [4.78, 5) is 21.5. The van der Waals surface area contributed by atoms with Crippen molar-refractivity contribution < 1.29 is 18.4 Å². The summed E-state index contributed by atoms with van der Waals surface area (Å²) in [5.74, 6) is -2.80. The molecule has 6 heteroatoms. The highest BCUT2D eigenvalue weighted by Crippen LogP contribution is 2.13. The summed E-state index contributed by atoms with van der Waals surface area (Å²) in [7, 11) is 0. The fraction of sp³-hybridized carbons (Fsp3) is 0.111. The summed E-state index contributed by atoms with van der Waals surface area (Å²) in [6, 6.07) is 0.482. The Kier molecular flexibility index (Phi) is 2.99. The Morgan fingerprint density at radius 3 is 2.40 bits per heavy atom. The van der Waals surface area contributed by atoms with E-state index in [-0.39, 0.29) is 5.56 Å². The van der Waals surface area contributed by atoms with Crippen molar-refractivity contribution in [2.45, 2.75) is 6.92 Å². The molecule has 0 fully saturated rings. The van der Waals surface area contributed by atoms with Gasteiger partial charge in [-0.3, -0.25) is 10.1 Å². The molecule has 0 heterocycles. The van der Waals surface area contributed by atoms with Gasteiger partial charge < -0.3 is 5.73 Å². The Balaban J connectivity index is 3.09. The fourth-order valence-electron chi connectivity index (χ4n) is 1.01. The number of aryl methyl sites for hydroxylation is 1. The van der Waals surface area contributed by atoms with Crippen molar-refractivity contribution in [2.75, 3.05) is 0 Å². The topological polar surface area (TPSA) is 72.2 Å². The number of amides is 3. The molecule has 0 unspecified atom stereocenters. The number of hydrogen-bond donors (Lipinski definition) is 2. The standard InChI is InChI=1S/C9H8F2N2O2/c1-4-2-5(7(11)3-6(4)10)8(14)13-9(12)15/h2-3H,1H3,(H3,12,13,14,15). The number of nitrogens with one attached hydrogen (secondary N) is 1. The summed E-state index contributed by atoms with van der Waals surface area (Å²) in [5.41, 5.74) is 4.36. The molecule has 0 radical (unpaired) electrons. The van der Waals surface area contributed by atoms with Gasteiger partial charge in [0.05, 0.1) is 5.56 Å². The van der Waals surface area contributed by atoms with Gasteiger partial charge >= 0.3 is 6.03 Å². The summed E-state index contributed by atoms with van der Waals surface area (Å²) in [6.07, 6.45) is 0. The lowest BCUT2D eigenvalue weighted by Crippen LogP contribution is -2.35. The van der Waals surface area contributed by atoms with Crippen LogP contribution in [0.15, 0.2) is 12.1 Å². The largest absolute Gasteiger partial charge is 0.351 e. The Hall–Kier alpha value is -1.98. The zero-order valence-electron chi connectivity index (χ0n) is 7.80. The van der Waals surface area contributed by atoms with E-state index in [0.717, 1.165) is 6.07 Å². The zero-order chi connectivity index (χ0) is 11.6. The zero-order valence-corrected chi connectivity index (χ0v) is 7.80. The molecule has 0 aliphatic rings. The first-order valence-corrected chi connectivity index (χ1v) is 3.98. The van der Waals surface area contributed by atoms with E-state index in [1.54, 1.807) is 5.32 Å². The van der Waals surface area contributed by atoms with E-state index in [9.17, 15) is 18.4 Å². The maximum Gasteiger partial charge on any atom is 0.319 e.